The number of amides is 1. The number of carbonyl (C=O) groups excluding carboxylic acids is 1. The van der Waals surface area contributed by atoms with Crippen molar-refractivity contribution in [3.8, 4) is 0 Å². The van der Waals surface area contributed by atoms with Gasteiger partial charge in [-0.1, -0.05) is 6.07 Å². The van der Waals surface area contributed by atoms with E-state index in [1.54, 1.807) is 24.3 Å². The van der Waals surface area contributed by atoms with Gasteiger partial charge in [-0.05, 0) is 42.5 Å². The number of nitrogen functional groups attached to an aromatic ring is 1. The molecule has 0 spiro atoms. The molecule has 0 atom stereocenters. The Hall–Kier alpha value is -2.82. The summed E-state index contributed by atoms with van der Waals surface area (Å²) in [7, 11) is 0. The lowest BCUT2D eigenvalue weighted by Gasteiger charge is -2.06. The van der Waals surface area contributed by atoms with Gasteiger partial charge in [0.1, 0.15) is 0 Å². The van der Waals surface area contributed by atoms with Crippen LogP contribution in [0.5, 0.6) is 0 Å². The number of nitrogens with two attached hydrogens (primary N) is 1. The van der Waals surface area contributed by atoms with Crippen LogP contribution in [-0.2, 0) is 0 Å². The Bertz CT molecular complexity index is 621. The van der Waals surface area contributed by atoms with Crippen LogP contribution in [0.2, 0.25) is 0 Å². The summed E-state index contributed by atoms with van der Waals surface area (Å²) in [6.07, 6.45) is 0. The number of benzene rings is 2. The summed E-state index contributed by atoms with van der Waals surface area (Å²) in [5.74, 6) is -1.30. The van der Waals surface area contributed by atoms with E-state index >= 15 is 0 Å². The Morgan fingerprint density at radius 1 is 1.00 bits per heavy atom. The van der Waals surface area contributed by atoms with Crippen LogP contribution in [0.15, 0.2) is 48.5 Å². The first-order valence-corrected chi connectivity index (χ1v) is 5.56. The predicted octanol–water partition coefficient (Wildman–Crippen LogP) is 2.22. The van der Waals surface area contributed by atoms with E-state index in [-0.39, 0.29) is 11.5 Å². The molecule has 0 aromatic heterocycles. The third kappa shape index (κ3) is 3.10. The summed E-state index contributed by atoms with van der Waals surface area (Å²) in [5.41, 5.74) is 7.25. The van der Waals surface area contributed by atoms with Gasteiger partial charge in [-0.3, -0.25) is 4.79 Å². The molecule has 0 bridgehead atoms. The van der Waals surface area contributed by atoms with Crippen LogP contribution in [-0.4, -0.2) is 17.0 Å². The number of hydrogen-bond donors (Lipinski definition) is 3. The number of rotatable bonds is 3. The Morgan fingerprint density at radius 2 is 1.68 bits per heavy atom. The smallest absolute Gasteiger partial charge is 0.335 e. The van der Waals surface area contributed by atoms with E-state index in [1.165, 1.54) is 24.3 Å². The molecule has 0 saturated heterocycles. The zero-order chi connectivity index (χ0) is 13.8. The van der Waals surface area contributed by atoms with E-state index in [4.69, 9.17) is 10.8 Å². The van der Waals surface area contributed by atoms with Crippen molar-refractivity contribution in [2.75, 3.05) is 11.1 Å². The second-order valence-electron chi connectivity index (χ2n) is 3.96. The van der Waals surface area contributed by atoms with E-state index in [0.29, 0.717) is 16.9 Å². The molecule has 0 saturated carbocycles. The largest absolute Gasteiger partial charge is 0.478 e. The molecule has 2 aromatic carbocycles. The molecular formula is C14H12N2O3. The molecule has 0 unspecified atom stereocenters. The maximum Gasteiger partial charge on any atom is 0.335 e. The first-order valence-electron chi connectivity index (χ1n) is 5.56. The van der Waals surface area contributed by atoms with Gasteiger partial charge in [-0.2, -0.15) is 0 Å². The topological polar surface area (TPSA) is 92.4 Å². The Kier molecular flexibility index (Phi) is 3.47. The minimum Gasteiger partial charge on any atom is -0.478 e. The highest BCUT2D eigenvalue weighted by molar-refractivity contribution is 6.04. The summed E-state index contributed by atoms with van der Waals surface area (Å²) in [4.78, 5) is 22.6. The number of carboxylic acids is 1. The minimum absolute atomic E-state index is 0.168. The zero-order valence-corrected chi connectivity index (χ0v) is 9.96. The molecule has 0 aliphatic rings. The Balaban J connectivity index is 2.13. The zero-order valence-electron chi connectivity index (χ0n) is 9.96. The number of anilines is 2. The molecule has 0 aliphatic carbocycles. The summed E-state index contributed by atoms with van der Waals surface area (Å²) in [6, 6.07) is 12.5. The van der Waals surface area contributed by atoms with Gasteiger partial charge < -0.3 is 16.2 Å². The average molecular weight is 256 g/mol. The van der Waals surface area contributed by atoms with E-state index in [0.717, 1.165) is 0 Å². The Morgan fingerprint density at radius 3 is 2.26 bits per heavy atom. The molecule has 0 heterocycles. The highest BCUT2D eigenvalue weighted by Crippen LogP contribution is 2.13. The summed E-state index contributed by atoms with van der Waals surface area (Å²) in [5, 5.41) is 11.4. The quantitative estimate of drug-likeness (QED) is 0.734. The van der Waals surface area contributed by atoms with Crippen LogP contribution < -0.4 is 11.1 Å². The number of aromatic carboxylic acids is 1. The number of carboxylic acid groups (broad SMARTS) is 1. The predicted molar refractivity (Wildman–Crippen MR) is 72.2 cm³/mol. The molecule has 19 heavy (non-hydrogen) atoms. The van der Waals surface area contributed by atoms with Crippen LogP contribution >= 0.6 is 0 Å². The molecule has 0 fully saturated rings. The van der Waals surface area contributed by atoms with Gasteiger partial charge in [-0.25, -0.2) is 4.79 Å². The van der Waals surface area contributed by atoms with Gasteiger partial charge >= 0.3 is 5.97 Å². The van der Waals surface area contributed by atoms with Gasteiger partial charge in [0.2, 0.25) is 0 Å². The maximum atomic E-state index is 11.9. The normalized spacial score (nSPS) is 9.89. The SMILES string of the molecule is Nc1cccc(C(=O)Nc2ccc(C(=O)O)cc2)c1. The van der Waals surface area contributed by atoms with Gasteiger partial charge in [0.05, 0.1) is 5.56 Å². The summed E-state index contributed by atoms with van der Waals surface area (Å²) in [6.45, 7) is 0. The van der Waals surface area contributed by atoms with Crippen LogP contribution in [0.4, 0.5) is 11.4 Å². The first kappa shape index (κ1) is 12.6. The fourth-order valence-corrected chi connectivity index (χ4v) is 1.58. The minimum atomic E-state index is -1.01. The Labute approximate surface area is 109 Å². The van der Waals surface area contributed by atoms with Crippen molar-refractivity contribution in [1.29, 1.82) is 0 Å². The fourth-order valence-electron chi connectivity index (χ4n) is 1.58. The van der Waals surface area contributed by atoms with E-state index in [2.05, 4.69) is 5.32 Å². The van der Waals surface area contributed by atoms with Crippen molar-refractivity contribution < 1.29 is 14.7 Å². The molecule has 5 nitrogen and oxygen atoms in total. The number of carbonyl (C=O) groups is 2. The summed E-state index contributed by atoms with van der Waals surface area (Å²) >= 11 is 0. The average Bonchev–Trinajstić information content (AvgIpc) is 2.39. The lowest BCUT2D eigenvalue weighted by atomic mass is 10.1. The molecule has 4 N–H and O–H groups in total. The third-order valence-corrected chi connectivity index (χ3v) is 2.54. The molecule has 5 heteroatoms. The third-order valence-electron chi connectivity index (χ3n) is 2.54. The standard InChI is InChI=1S/C14H12N2O3/c15-11-3-1-2-10(8-11)13(17)16-12-6-4-9(5-7-12)14(18)19/h1-8H,15H2,(H,16,17)(H,18,19). The van der Waals surface area contributed by atoms with E-state index in [9.17, 15) is 9.59 Å². The van der Waals surface area contributed by atoms with Gasteiger partial charge in [0.25, 0.3) is 5.91 Å². The number of hydrogen-bond acceptors (Lipinski definition) is 3. The first-order chi connectivity index (χ1) is 9.06. The van der Waals surface area contributed by atoms with Crippen LogP contribution in [0, 0.1) is 0 Å². The van der Waals surface area contributed by atoms with Crippen LogP contribution in [0.25, 0.3) is 0 Å². The van der Waals surface area contributed by atoms with E-state index < -0.39 is 5.97 Å². The van der Waals surface area contributed by atoms with Crippen molar-refractivity contribution >= 4 is 23.3 Å². The highest BCUT2D eigenvalue weighted by atomic mass is 16.4. The van der Waals surface area contributed by atoms with Gasteiger partial charge in [-0.15, -0.1) is 0 Å². The second-order valence-corrected chi connectivity index (χ2v) is 3.96. The highest BCUT2D eigenvalue weighted by Gasteiger charge is 2.07. The number of nitrogens with one attached hydrogen (secondary N) is 1. The van der Waals surface area contributed by atoms with Gasteiger partial charge in [0, 0.05) is 16.9 Å². The molecule has 0 radical (unpaired) electrons. The molecule has 0 aliphatic heterocycles. The molecule has 2 aromatic rings. The van der Waals surface area contributed by atoms with Crippen LogP contribution in [0.3, 0.4) is 0 Å². The van der Waals surface area contributed by atoms with Crippen molar-refractivity contribution in [3.05, 3.63) is 59.7 Å². The maximum absolute atomic E-state index is 11.9. The molecule has 1 amide bonds. The summed E-state index contributed by atoms with van der Waals surface area (Å²) < 4.78 is 0. The molecule has 96 valence electrons. The van der Waals surface area contributed by atoms with Crippen molar-refractivity contribution in [2.45, 2.75) is 0 Å². The van der Waals surface area contributed by atoms with Crippen molar-refractivity contribution in [3.63, 3.8) is 0 Å². The van der Waals surface area contributed by atoms with Crippen molar-refractivity contribution in [1.82, 2.24) is 0 Å². The second kappa shape index (κ2) is 5.22. The van der Waals surface area contributed by atoms with E-state index in [1.807, 2.05) is 0 Å². The lowest BCUT2D eigenvalue weighted by molar-refractivity contribution is 0.0696. The fraction of sp³-hybridized carbons (Fsp3) is 0. The van der Waals surface area contributed by atoms with Crippen molar-refractivity contribution in [2.24, 2.45) is 0 Å². The van der Waals surface area contributed by atoms with Crippen LogP contribution in [0.1, 0.15) is 20.7 Å². The molecular weight excluding hydrogens is 244 g/mol. The lowest BCUT2D eigenvalue weighted by Crippen LogP contribution is -2.12. The van der Waals surface area contributed by atoms with Gasteiger partial charge in [0.15, 0.2) is 0 Å². The molecule has 2 rings (SSSR count). The monoisotopic (exact) mass is 256 g/mol.